The second-order valence-electron chi connectivity index (χ2n) is 7.14. The van der Waals surface area contributed by atoms with Crippen LogP contribution >= 0.6 is 0 Å². The van der Waals surface area contributed by atoms with Gasteiger partial charge in [-0.1, -0.05) is 44.2 Å². The minimum absolute atomic E-state index is 0.0740. The number of anilines is 2. The monoisotopic (exact) mass is 334 g/mol. The highest BCUT2D eigenvalue weighted by Crippen LogP contribution is 2.34. The molecule has 1 aliphatic carbocycles. The van der Waals surface area contributed by atoms with E-state index in [2.05, 4.69) is 24.5 Å². The van der Waals surface area contributed by atoms with E-state index in [1.54, 1.807) is 12.1 Å². The predicted molar refractivity (Wildman–Crippen MR) is 101 cm³/mol. The van der Waals surface area contributed by atoms with Gasteiger partial charge in [-0.15, -0.1) is 0 Å². The van der Waals surface area contributed by atoms with E-state index in [-0.39, 0.29) is 17.1 Å². The number of amides is 1. The summed E-state index contributed by atoms with van der Waals surface area (Å²) in [7, 11) is 0. The molecule has 3 rings (SSSR count). The molecular weight excluding hydrogens is 312 g/mol. The number of nitrogens with one attached hydrogen (secondary N) is 2. The molecule has 0 atom stereocenters. The smallest absolute Gasteiger partial charge is 0.257 e. The Morgan fingerprint density at radius 1 is 0.960 bits per heavy atom. The van der Waals surface area contributed by atoms with Crippen molar-refractivity contribution in [3.05, 3.63) is 71.9 Å². The van der Waals surface area contributed by atoms with Gasteiger partial charge in [0.1, 0.15) is 0 Å². The standard InChI is InChI=1S/C21H22N2O2/c1-21(2)13-16(12-17(24)14-21)22-19-11-7-6-10-18(19)20(25)23-15-8-4-3-5-9-15/h3-12,22H,13-14H2,1-2H3,(H,23,25). The highest BCUT2D eigenvalue weighted by atomic mass is 16.1. The largest absolute Gasteiger partial charge is 0.358 e. The van der Waals surface area contributed by atoms with Crippen molar-refractivity contribution in [2.24, 2.45) is 5.41 Å². The predicted octanol–water partition coefficient (Wildman–Crippen LogP) is 4.62. The Labute approximate surface area is 148 Å². The summed E-state index contributed by atoms with van der Waals surface area (Å²) < 4.78 is 0. The number of benzene rings is 2. The first-order chi connectivity index (χ1) is 11.9. The summed E-state index contributed by atoms with van der Waals surface area (Å²) >= 11 is 0. The van der Waals surface area contributed by atoms with Crippen molar-refractivity contribution in [2.45, 2.75) is 26.7 Å². The molecule has 0 saturated heterocycles. The lowest BCUT2D eigenvalue weighted by molar-refractivity contribution is -0.117. The van der Waals surface area contributed by atoms with E-state index in [4.69, 9.17) is 0 Å². The van der Waals surface area contributed by atoms with Gasteiger partial charge in [0.2, 0.25) is 0 Å². The molecule has 128 valence electrons. The maximum atomic E-state index is 12.6. The molecule has 2 N–H and O–H groups in total. The van der Waals surface area contributed by atoms with E-state index in [1.807, 2.05) is 48.5 Å². The molecule has 1 aliphatic rings. The highest BCUT2D eigenvalue weighted by Gasteiger charge is 2.28. The molecule has 0 bridgehead atoms. The third-order valence-corrected chi connectivity index (χ3v) is 4.16. The molecule has 0 unspecified atom stereocenters. The zero-order valence-corrected chi connectivity index (χ0v) is 14.5. The summed E-state index contributed by atoms with van der Waals surface area (Å²) in [5.41, 5.74) is 2.77. The molecule has 2 aromatic carbocycles. The molecule has 4 heteroatoms. The van der Waals surface area contributed by atoms with Crippen LogP contribution < -0.4 is 10.6 Å². The van der Waals surface area contributed by atoms with Crippen molar-refractivity contribution in [3.8, 4) is 0 Å². The van der Waals surface area contributed by atoms with E-state index >= 15 is 0 Å². The lowest BCUT2D eigenvalue weighted by atomic mass is 9.79. The van der Waals surface area contributed by atoms with E-state index in [9.17, 15) is 9.59 Å². The van der Waals surface area contributed by atoms with Crippen molar-refractivity contribution in [3.63, 3.8) is 0 Å². The topological polar surface area (TPSA) is 58.2 Å². The van der Waals surface area contributed by atoms with Crippen LogP contribution in [-0.4, -0.2) is 11.7 Å². The molecule has 4 nitrogen and oxygen atoms in total. The average Bonchev–Trinajstić information content (AvgIpc) is 2.54. The van der Waals surface area contributed by atoms with Crippen molar-refractivity contribution >= 4 is 23.1 Å². The Balaban J connectivity index is 1.82. The summed E-state index contributed by atoms with van der Waals surface area (Å²) in [5, 5.41) is 6.18. The van der Waals surface area contributed by atoms with E-state index < -0.39 is 0 Å². The van der Waals surface area contributed by atoms with Crippen LogP contribution in [0.25, 0.3) is 0 Å². The Bertz CT molecular complexity index is 823. The lowest BCUT2D eigenvalue weighted by Gasteiger charge is -2.29. The number of carbonyl (C=O) groups is 2. The molecule has 0 aliphatic heterocycles. The third kappa shape index (κ3) is 4.35. The fourth-order valence-corrected chi connectivity index (χ4v) is 3.11. The number of para-hydroxylation sites is 2. The molecule has 25 heavy (non-hydrogen) atoms. The molecule has 2 aromatic rings. The average molecular weight is 334 g/mol. The van der Waals surface area contributed by atoms with Gasteiger partial charge in [0, 0.05) is 23.9 Å². The van der Waals surface area contributed by atoms with Crippen LogP contribution in [0.15, 0.2) is 66.4 Å². The van der Waals surface area contributed by atoms with E-state index in [0.29, 0.717) is 17.7 Å². The molecule has 0 aromatic heterocycles. The van der Waals surface area contributed by atoms with Crippen LogP contribution in [0.3, 0.4) is 0 Å². The Morgan fingerprint density at radius 3 is 2.36 bits per heavy atom. The van der Waals surface area contributed by atoms with Crippen LogP contribution in [0, 0.1) is 5.41 Å². The maximum Gasteiger partial charge on any atom is 0.257 e. The van der Waals surface area contributed by atoms with Crippen LogP contribution in [0.5, 0.6) is 0 Å². The zero-order chi connectivity index (χ0) is 17.9. The first-order valence-corrected chi connectivity index (χ1v) is 8.39. The number of rotatable bonds is 4. The van der Waals surface area contributed by atoms with Crippen molar-refractivity contribution in [1.82, 2.24) is 0 Å². The summed E-state index contributed by atoms with van der Waals surface area (Å²) in [6.07, 6.45) is 2.97. The second-order valence-corrected chi connectivity index (χ2v) is 7.14. The van der Waals surface area contributed by atoms with Gasteiger partial charge in [-0.3, -0.25) is 9.59 Å². The van der Waals surface area contributed by atoms with Gasteiger partial charge < -0.3 is 10.6 Å². The minimum Gasteiger partial charge on any atom is -0.358 e. The minimum atomic E-state index is -0.184. The van der Waals surface area contributed by atoms with Gasteiger partial charge in [-0.05, 0) is 36.1 Å². The van der Waals surface area contributed by atoms with Crippen molar-refractivity contribution in [2.75, 3.05) is 10.6 Å². The number of hydrogen-bond donors (Lipinski definition) is 2. The van der Waals surface area contributed by atoms with Crippen LogP contribution in [0.1, 0.15) is 37.0 Å². The molecule has 0 radical (unpaired) electrons. The Morgan fingerprint density at radius 2 is 1.64 bits per heavy atom. The van der Waals surface area contributed by atoms with Gasteiger partial charge in [0.25, 0.3) is 5.91 Å². The van der Waals surface area contributed by atoms with Crippen molar-refractivity contribution in [1.29, 1.82) is 0 Å². The van der Waals surface area contributed by atoms with Gasteiger partial charge in [-0.2, -0.15) is 0 Å². The van der Waals surface area contributed by atoms with E-state index in [0.717, 1.165) is 17.8 Å². The molecule has 0 saturated carbocycles. The summed E-state index contributed by atoms with van der Waals surface area (Å²) in [6.45, 7) is 4.15. The summed E-state index contributed by atoms with van der Waals surface area (Å²) in [4.78, 5) is 24.6. The van der Waals surface area contributed by atoms with Gasteiger partial charge >= 0.3 is 0 Å². The molecule has 0 spiro atoms. The van der Waals surface area contributed by atoms with Gasteiger partial charge in [-0.25, -0.2) is 0 Å². The number of ketones is 1. The van der Waals surface area contributed by atoms with Crippen LogP contribution in [-0.2, 0) is 4.79 Å². The normalized spacial score (nSPS) is 16.1. The fraction of sp³-hybridized carbons (Fsp3) is 0.238. The number of hydrogen-bond acceptors (Lipinski definition) is 3. The Hall–Kier alpha value is -2.88. The Kier molecular flexibility index (Phi) is 4.70. The van der Waals surface area contributed by atoms with Crippen molar-refractivity contribution < 1.29 is 9.59 Å². The highest BCUT2D eigenvalue weighted by molar-refractivity contribution is 6.08. The van der Waals surface area contributed by atoms with Gasteiger partial charge in [0.05, 0.1) is 11.3 Å². The summed E-state index contributed by atoms with van der Waals surface area (Å²) in [5.74, 6) is -0.0683. The molecule has 1 amide bonds. The SMILES string of the molecule is CC1(C)CC(=O)C=C(Nc2ccccc2C(=O)Nc2ccccc2)C1. The van der Waals surface area contributed by atoms with Gasteiger partial charge in [0.15, 0.2) is 5.78 Å². The molecular formula is C21H22N2O2. The van der Waals surface area contributed by atoms with Crippen LogP contribution in [0.2, 0.25) is 0 Å². The van der Waals surface area contributed by atoms with Crippen LogP contribution in [0.4, 0.5) is 11.4 Å². The number of carbonyl (C=O) groups excluding carboxylic acids is 2. The first-order valence-electron chi connectivity index (χ1n) is 8.39. The maximum absolute atomic E-state index is 12.6. The fourth-order valence-electron chi connectivity index (χ4n) is 3.11. The second kappa shape index (κ2) is 6.93. The summed E-state index contributed by atoms with van der Waals surface area (Å²) in [6, 6.07) is 16.7. The lowest BCUT2D eigenvalue weighted by Crippen LogP contribution is -2.25. The zero-order valence-electron chi connectivity index (χ0n) is 14.5. The third-order valence-electron chi connectivity index (χ3n) is 4.16. The van der Waals surface area contributed by atoms with E-state index in [1.165, 1.54) is 0 Å². The molecule has 0 heterocycles. The number of allylic oxidation sites excluding steroid dienone is 2. The first kappa shape index (κ1) is 17.0. The molecule has 0 fully saturated rings. The quantitative estimate of drug-likeness (QED) is 0.857.